The van der Waals surface area contributed by atoms with Gasteiger partial charge in [-0.05, 0) is 42.7 Å². The summed E-state index contributed by atoms with van der Waals surface area (Å²) in [5.41, 5.74) is 2.64. The summed E-state index contributed by atoms with van der Waals surface area (Å²) in [5.74, 6) is 1.35. The van der Waals surface area contributed by atoms with Crippen LogP contribution in [0.1, 0.15) is 24.0 Å². The van der Waals surface area contributed by atoms with Gasteiger partial charge in [-0.3, -0.25) is 10.1 Å². The van der Waals surface area contributed by atoms with Crippen molar-refractivity contribution in [2.75, 3.05) is 32.2 Å². The summed E-state index contributed by atoms with van der Waals surface area (Å²) in [6.45, 7) is 1.95. The van der Waals surface area contributed by atoms with Gasteiger partial charge in [-0.2, -0.15) is 5.26 Å². The van der Waals surface area contributed by atoms with Crippen molar-refractivity contribution in [2.24, 2.45) is 0 Å². The highest BCUT2D eigenvalue weighted by atomic mass is 16.6. The molecule has 0 spiro atoms. The molecule has 7 nitrogen and oxygen atoms in total. The second-order valence-corrected chi connectivity index (χ2v) is 6.43. The van der Waals surface area contributed by atoms with Crippen LogP contribution in [0.25, 0.3) is 11.6 Å². The van der Waals surface area contributed by atoms with Crippen LogP contribution in [0.3, 0.4) is 0 Å². The number of benzene rings is 2. The van der Waals surface area contributed by atoms with E-state index in [1.165, 1.54) is 12.1 Å². The molecule has 0 aromatic heterocycles. The van der Waals surface area contributed by atoms with Crippen molar-refractivity contribution >= 4 is 23.0 Å². The molecule has 7 heteroatoms. The predicted octanol–water partition coefficient (Wildman–Crippen LogP) is 4.28. The highest BCUT2D eigenvalue weighted by Gasteiger charge is 2.19. The first-order valence-corrected chi connectivity index (χ1v) is 8.95. The number of allylic oxidation sites excluding steroid dienone is 1. The Morgan fingerprint density at radius 1 is 1.14 bits per heavy atom. The third-order valence-electron chi connectivity index (χ3n) is 4.79. The van der Waals surface area contributed by atoms with E-state index in [1.807, 2.05) is 12.1 Å². The van der Waals surface area contributed by atoms with Gasteiger partial charge in [-0.25, -0.2) is 0 Å². The van der Waals surface area contributed by atoms with Crippen molar-refractivity contribution in [1.82, 2.24) is 0 Å². The Labute approximate surface area is 163 Å². The van der Waals surface area contributed by atoms with Crippen molar-refractivity contribution in [3.05, 3.63) is 57.6 Å². The molecule has 1 aliphatic rings. The van der Waals surface area contributed by atoms with E-state index in [0.29, 0.717) is 22.4 Å². The van der Waals surface area contributed by atoms with Crippen molar-refractivity contribution < 1.29 is 14.4 Å². The summed E-state index contributed by atoms with van der Waals surface area (Å²) in [7, 11) is 3.21. The summed E-state index contributed by atoms with van der Waals surface area (Å²) in [4.78, 5) is 12.6. The van der Waals surface area contributed by atoms with Crippen molar-refractivity contribution in [3.63, 3.8) is 0 Å². The number of ether oxygens (including phenoxy) is 2. The molecule has 0 amide bonds. The fourth-order valence-electron chi connectivity index (χ4n) is 3.32. The average Bonchev–Trinajstić information content (AvgIpc) is 3.26. The SMILES string of the molecule is COc1cc(N2CCCC2)c(OC)cc1/C=C(\C#N)c1ccc([N+](=O)[O-])cc1. The number of nitro benzene ring substituents is 1. The zero-order valence-corrected chi connectivity index (χ0v) is 15.8. The number of hydrogen-bond donors (Lipinski definition) is 0. The maximum absolute atomic E-state index is 10.8. The number of anilines is 1. The van der Waals surface area contributed by atoms with E-state index in [2.05, 4.69) is 11.0 Å². The van der Waals surface area contributed by atoms with Gasteiger partial charge < -0.3 is 14.4 Å². The average molecular weight is 379 g/mol. The Bertz CT molecular complexity index is 939. The van der Waals surface area contributed by atoms with Gasteiger partial charge in [-0.1, -0.05) is 0 Å². The molecule has 1 aliphatic heterocycles. The molecule has 0 N–H and O–H groups in total. The molecule has 0 radical (unpaired) electrons. The van der Waals surface area contributed by atoms with Gasteiger partial charge in [0.1, 0.15) is 11.5 Å². The van der Waals surface area contributed by atoms with Gasteiger partial charge in [0.25, 0.3) is 5.69 Å². The number of hydrogen-bond acceptors (Lipinski definition) is 6. The quantitative estimate of drug-likeness (QED) is 0.322. The standard InChI is InChI=1S/C21H21N3O4/c1-27-20-13-19(23-9-3-4-10-23)21(28-2)12-16(20)11-17(14-22)15-5-7-18(8-6-15)24(25)26/h5-8,11-13H,3-4,9-10H2,1-2H3/b17-11+. The molecule has 0 atom stereocenters. The third-order valence-corrected chi connectivity index (χ3v) is 4.79. The Balaban J connectivity index is 2.02. The fourth-order valence-corrected chi connectivity index (χ4v) is 3.32. The van der Waals surface area contributed by atoms with Crippen molar-refractivity contribution in [3.8, 4) is 17.6 Å². The second kappa shape index (κ2) is 8.44. The van der Waals surface area contributed by atoms with Crippen LogP contribution in [0.5, 0.6) is 11.5 Å². The largest absolute Gasteiger partial charge is 0.496 e. The molecular formula is C21H21N3O4. The molecule has 0 unspecified atom stereocenters. The molecule has 1 heterocycles. The van der Waals surface area contributed by atoms with Crippen molar-refractivity contribution in [1.29, 1.82) is 5.26 Å². The van der Waals surface area contributed by atoms with E-state index in [4.69, 9.17) is 9.47 Å². The summed E-state index contributed by atoms with van der Waals surface area (Å²) in [6, 6.07) is 11.8. The number of nitriles is 1. The lowest BCUT2D eigenvalue weighted by atomic mass is 10.0. The topological polar surface area (TPSA) is 88.6 Å². The molecular weight excluding hydrogens is 358 g/mol. The summed E-state index contributed by atoms with van der Waals surface area (Å²) in [6.07, 6.45) is 3.99. The molecule has 28 heavy (non-hydrogen) atoms. The predicted molar refractivity (Wildman–Crippen MR) is 108 cm³/mol. The minimum absolute atomic E-state index is 0.0183. The molecule has 2 aromatic carbocycles. The Morgan fingerprint density at radius 3 is 2.32 bits per heavy atom. The van der Waals surface area contributed by atoms with E-state index in [1.54, 1.807) is 32.4 Å². The summed E-state index contributed by atoms with van der Waals surface area (Å²) in [5, 5.41) is 20.4. The number of rotatable bonds is 6. The van der Waals surface area contributed by atoms with E-state index in [9.17, 15) is 15.4 Å². The van der Waals surface area contributed by atoms with Gasteiger partial charge in [0.2, 0.25) is 0 Å². The van der Waals surface area contributed by atoms with Crippen LogP contribution in [-0.4, -0.2) is 32.2 Å². The van der Waals surface area contributed by atoms with Gasteiger partial charge in [0.15, 0.2) is 0 Å². The smallest absolute Gasteiger partial charge is 0.269 e. The molecule has 2 aromatic rings. The minimum Gasteiger partial charge on any atom is -0.496 e. The van der Waals surface area contributed by atoms with Gasteiger partial charge in [-0.15, -0.1) is 0 Å². The fraction of sp³-hybridized carbons (Fsp3) is 0.286. The summed E-state index contributed by atoms with van der Waals surface area (Å²) < 4.78 is 11.1. The van der Waals surface area contributed by atoms with E-state index < -0.39 is 4.92 Å². The van der Waals surface area contributed by atoms with Crippen LogP contribution in [-0.2, 0) is 0 Å². The molecule has 0 aliphatic carbocycles. The highest BCUT2D eigenvalue weighted by molar-refractivity contribution is 5.91. The molecule has 0 bridgehead atoms. The number of non-ortho nitro benzene ring substituents is 1. The lowest BCUT2D eigenvalue weighted by Gasteiger charge is -2.22. The third kappa shape index (κ3) is 3.91. The van der Waals surface area contributed by atoms with E-state index in [-0.39, 0.29) is 5.69 Å². The number of methoxy groups -OCH3 is 2. The van der Waals surface area contributed by atoms with Crippen LogP contribution in [0, 0.1) is 21.4 Å². The van der Waals surface area contributed by atoms with E-state index >= 15 is 0 Å². The number of nitro groups is 1. The van der Waals surface area contributed by atoms with Gasteiger partial charge >= 0.3 is 0 Å². The second-order valence-electron chi connectivity index (χ2n) is 6.43. The number of nitrogens with zero attached hydrogens (tertiary/aromatic N) is 3. The van der Waals surface area contributed by atoms with Gasteiger partial charge in [0, 0.05) is 36.9 Å². The van der Waals surface area contributed by atoms with Crippen molar-refractivity contribution in [2.45, 2.75) is 12.8 Å². The van der Waals surface area contributed by atoms with Crippen LogP contribution in [0.15, 0.2) is 36.4 Å². The summed E-state index contributed by atoms with van der Waals surface area (Å²) >= 11 is 0. The molecule has 1 saturated heterocycles. The zero-order chi connectivity index (χ0) is 20.1. The molecule has 1 fully saturated rings. The highest BCUT2D eigenvalue weighted by Crippen LogP contribution is 2.38. The molecule has 3 rings (SSSR count). The molecule has 0 saturated carbocycles. The Morgan fingerprint density at radius 2 is 1.79 bits per heavy atom. The first-order chi connectivity index (χ1) is 13.6. The lowest BCUT2D eigenvalue weighted by Crippen LogP contribution is -2.18. The van der Waals surface area contributed by atoms with Crippen LogP contribution >= 0.6 is 0 Å². The Hall–Kier alpha value is -3.53. The first kappa shape index (κ1) is 19.2. The lowest BCUT2D eigenvalue weighted by molar-refractivity contribution is -0.384. The van der Waals surface area contributed by atoms with Gasteiger partial charge in [0.05, 0.1) is 36.5 Å². The normalized spacial score (nSPS) is 13.9. The zero-order valence-electron chi connectivity index (χ0n) is 15.8. The van der Waals surface area contributed by atoms with Crippen LogP contribution in [0.2, 0.25) is 0 Å². The minimum atomic E-state index is -0.468. The van der Waals surface area contributed by atoms with Crippen LogP contribution < -0.4 is 14.4 Å². The van der Waals surface area contributed by atoms with E-state index in [0.717, 1.165) is 37.4 Å². The van der Waals surface area contributed by atoms with Crippen LogP contribution in [0.4, 0.5) is 11.4 Å². The molecule has 144 valence electrons. The Kier molecular flexibility index (Phi) is 5.80. The maximum atomic E-state index is 10.8. The first-order valence-electron chi connectivity index (χ1n) is 8.95. The monoisotopic (exact) mass is 379 g/mol. The maximum Gasteiger partial charge on any atom is 0.269 e.